The van der Waals surface area contributed by atoms with Gasteiger partial charge >= 0.3 is 5.97 Å². The van der Waals surface area contributed by atoms with Crippen molar-refractivity contribution in [1.29, 1.82) is 0 Å². The number of aldehydes is 1. The van der Waals surface area contributed by atoms with Crippen LogP contribution in [0.2, 0.25) is 0 Å². The minimum absolute atomic E-state index is 0.000572. The molecule has 0 aromatic heterocycles. The zero-order valence-electron chi connectivity index (χ0n) is 8.69. The van der Waals surface area contributed by atoms with Gasteiger partial charge in [0.25, 0.3) is 0 Å². The number of hydrogen-bond donors (Lipinski definition) is 1. The molecule has 0 bridgehead atoms. The minimum Gasteiger partial charge on any atom is -0.508 e. The molecular weight excluding hydrogens is 208 g/mol. The van der Waals surface area contributed by atoms with E-state index >= 15 is 0 Å². The van der Waals surface area contributed by atoms with Crippen molar-refractivity contribution in [3.8, 4) is 17.6 Å². The van der Waals surface area contributed by atoms with E-state index in [1.165, 1.54) is 25.3 Å². The number of ether oxygens (including phenoxy) is 1. The molecule has 4 heteroatoms. The number of carbonyl (C=O) groups excluding carboxylic acids is 2. The van der Waals surface area contributed by atoms with Crippen LogP contribution in [-0.2, 0) is 9.53 Å². The lowest BCUT2D eigenvalue weighted by atomic mass is 10.1. The van der Waals surface area contributed by atoms with Crippen LogP contribution in [0.25, 0.3) is 0 Å². The second kappa shape index (κ2) is 5.56. The number of carbonyl (C=O) groups is 2. The Morgan fingerprint density at radius 1 is 1.56 bits per heavy atom. The summed E-state index contributed by atoms with van der Waals surface area (Å²) in [6.45, 7) is 0. The molecule has 0 fully saturated rings. The molecule has 1 N–H and O–H groups in total. The molecule has 0 unspecified atom stereocenters. The third kappa shape index (κ3) is 3.14. The first kappa shape index (κ1) is 11.8. The number of esters is 1. The Bertz CT molecular complexity index is 466. The van der Waals surface area contributed by atoms with Gasteiger partial charge in [-0.05, 0) is 18.2 Å². The van der Waals surface area contributed by atoms with Crippen LogP contribution in [0, 0.1) is 11.8 Å². The van der Waals surface area contributed by atoms with E-state index < -0.39 is 5.97 Å². The summed E-state index contributed by atoms with van der Waals surface area (Å²) < 4.78 is 4.41. The third-order valence-electron chi connectivity index (χ3n) is 1.85. The van der Waals surface area contributed by atoms with Crippen molar-refractivity contribution in [3.05, 3.63) is 29.3 Å². The van der Waals surface area contributed by atoms with E-state index in [9.17, 15) is 9.59 Å². The summed E-state index contributed by atoms with van der Waals surface area (Å²) >= 11 is 0. The summed E-state index contributed by atoms with van der Waals surface area (Å²) in [6.07, 6.45) is 0.567. The van der Waals surface area contributed by atoms with Gasteiger partial charge in [-0.15, -0.1) is 0 Å². The van der Waals surface area contributed by atoms with Crippen molar-refractivity contribution in [2.24, 2.45) is 0 Å². The van der Waals surface area contributed by atoms with E-state index in [2.05, 4.69) is 16.6 Å². The number of benzene rings is 1. The number of hydrogen-bond acceptors (Lipinski definition) is 4. The fraction of sp³-hybridized carbons (Fsp3) is 0.167. The molecule has 82 valence electrons. The Hall–Kier alpha value is -2.28. The number of phenols is 1. The van der Waals surface area contributed by atoms with Crippen LogP contribution >= 0.6 is 0 Å². The summed E-state index contributed by atoms with van der Waals surface area (Å²) in [4.78, 5) is 21.4. The van der Waals surface area contributed by atoms with Gasteiger partial charge in [0.15, 0.2) is 6.29 Å². The highest BCUT2D eigenvalue weighted by Gasteiger charge is 2.00. The molecule has 0 aliphatic heterocycles. The Kier molecular flexibility index (Phi) is 4.10. The summed E-state index contributed by atoms with van der Waals surface area (Å²) in [5.41, 5.74) is 0.758. The maximum absolute atomic E-state index is 10.8. The number of phenolic OH excluding ortho intramolecular Hbond substituents is 1. The lowest BCUT2D eigenvalue weighted by Crippen LogP contribution is -1.97. The minimum atomic E-state index is -0.432. The number of rotatable bonds is 2. The second-order valence-corrected chi connectivity index (χ2v) is 2.94. The first-order chi connectivity index (χ1) is 7.67. The Morgan fingerprint density at radius 2 is 2.31 bits per heavy atom. The fourth-order valence-electron chi connectivity index (χ4n) is 1.05. The molecule has 0 atom stereocenters. The van der Waals surface area contributed by atoms with Crippen molar-refractivity contribution >= 4 is 12.3 Å². The molecule has 0 saturated heterocycles. The second-order valence-electron chi connectivity index (χ2n) is 2.94. The van der Waals surface area contributed by atoms with Crippen LogP contribution in [-0.4, -0.2) is 24.5 Å². The molecule has 0 saturated carbocycles. The van der Waals surface area contributed by atoms with E-state index in [1.807, 2.05) is 0 Å². The van der Waals surface area contributed by atoms with Gasteiger partial charge in [-0.3, -0.25) is 9.59 Å². The van der Waals surface area contributed by atoms with Gasteiger partial charge in [-0.25, -0.2) is 0 Å². The zero-order valence-corrected chi connectivity index (χ0v) is 8.69. The normalized spacial score (nSPS) is 8.81. The topological polar surface area (TPSA) is 63.6 Å². The lowest BCUT2D eigenvalue weighted by Gasteiger charge is -1.97. The van der Waals surface area contributed by atoms with Crippen LogP contribution in [0.3, 0.4) is 0 Å². The van der Waals surface area contributed by atoms with Gasteiger partial charge in [0.2, 0.25) is 0 Å². The smallest absolute Gasteiger partial charge is 0.317 e. The van der Waals surface area contributed by atoms with E-state index in [1.54, 1.807) is 0 Å². The molecule has 0 heterocycles. The molecule has 0 spiro atoms. The van der Waals surface area contributed by atoms with E-state index in [-0.39, 0.29) is 17.7 Å². The quantitative estimate of drug-likeness (QED) is 0.459. The lowest BCUT2D eigenvalue weighted by molar-refractivity contribution is -0.139. The van der Waals surface area contributed by atoms with Gasteiger partial charge in [0.05, 0.1) is 7.11 Å². The largest absolute Gasteiger partial charge is 0.508 e. The highest BCUT2D eigenvalue weighted by Crippen LogP contribution is 2.13. The summed E-state index contributed by atoms with van der Waals surface area (Å²) in [7, 11) is 1.28. The Morgan fingerprint density at radius 3 is 2.94 bits per heavy atom. The van der Waals surface area contributed by atoms with Crippen molar-refractivity contribution in [1.82, 2.24) is 0 Å². The van der Waals surface area contributed by atoms with Crippen LogP contribution in [0.1, 0.15) is 22.3 Å². The SMILES string of the molecule is COC(=O)CC#Cc1ccc(O)cc1C=O. The standard InChI is InChI=1S/C12H10O4/c1-16-12(15)4-2-3-9-5-6-11(14)7-10(9)8-13/h5-8,14H,4H2,1H3. The summed E-state index contributed by atoms with van der Waals surface area (Å²) in [6, 6.07) is 4.26. The molecule has 0 radical (unpaired) electrons. The molecule has 1 aromatic carbocycles. The van der Waals surface area contributed by atoms with E-state index in [0.29, 0.717) is 11.8 Å². The van der Waals surface area contributed by atoms with Crippen molar-refractivity contribution < 1.29 is 19.4 Å². The molecule has 4 nitrogen and oxygen atoms in total. The number of aromatic hydroxyl groups is 1. The molecule has 0 amide bonds. The molecule has 1 rings (SSSR count). The predicted molar refractivity (Wildman–Crippen MR) is 57.0 cm³/mol. The summed E-state index contributed by atoms with van der Waals surface area (Å²) in [5.74, 6) is 4.81. The van der Waals surface area contributed by atoms with Gasteiger partial charge in [-0.1, -0.05) is 11.8 Å². The van der Waals surface area contributed by atoms with Crippen molar-refractivity contribution in [3.63, 3.8) is 0 Å². The average Bonchev–Trinajstić information content (AvgIpc) is 2.30. The van der Waals surface area contributed by atoms with Crippen LogP contribution in [0.15, 0.2) is 18.2 Å². The molecule has 16 heavy (non-hydrogen) atoms. The van der Waals surface area contributed by atoms with Gasteiger partial charge < -0.3 is 9.84 Å². The first-order valence-corrected chi connectivity index (χ1v) is 4.51. The Labute approximate surface area is 92.9 Å². The first-order valence-electron chi connectivity index (χ1n) is 4.51. The van der Waals surface area contributed by atoms with E-state index in [4.69, 9.17) is 5.11 Å². The predicted octanol–water partition coefficient (Wildman–Crippen LogP) is 1.12. The fourth-order valence-corrected chi connectivity index (χ4v) is 1.05. The maximum atomic E-state index is 10.8. The zero-order chi connectivity index (χ0) is 12.0. The molecule has 0 aliphatic rings. The summed E-state index contributed by atoms with van der Waals surface area (Å²) in [5, 5.41) is 9.14. The monoisotopic (exact) mass is 218 g/mol. The Balaban J connectivity index is 2.88. The van der Waals surface area contributed by atoms with E-state index in [0.717, 1.165) is 0 Å². The van der Waals surface area contributed by atoms with Crippen LogP contribution in [0.5, 0.6) is 5.75 Å². The van der Waals surface area contributed by atoms with Crippen LogP contribution in [0.4, 0.5) is 0 Å². The van der Waals surface area contributed by atoms with Crippen LogP contribution < -0.4 is 0 Å². The molecule has 0 aliphatic carbocycles. The highest BCUT2D eigenvalue weighted by atomic mass is 16.5. The molecule has 1 aromatic rings. The maximum Gasteiger partial charge on any atom is 0.317 e. The van der Waals surface area contributed by atoms with Gasteiger partial charge in [-0.2, -0.15) is 0 Å². The third-order valence-corrected chi connectivity index (χ3v) is 1.85. The van der Waals surface area contributed by atoms with Crippen molar-refractivity contribution in [2.45, 2.75) is 6.42 Å². The average molecular weight is 218 g/mol. The van der Waals surface area contributed by atoms with Crippen molar-refractivity contribution in [2.75, 3.05) is 7.11 Å². The van der Waals surface area contributed by atoms with Gasteiger partial charge in [0.1, 0.15) is 12.2 Å². The number of methoxy groups -OCH3 is 1. The highest BCUT2D eigenvalue weighted by molar-refractivity contribution is 5.80. The molecular formula is C12H10O4. The van der Waals surface area contributed by atoms with Gasteiger partial charge in [0, 0.05) is 11.1 Å².